The molecule has 72 valence electrons. The second-order valence-electron chi connectivity index (χ2n) is 4.83. The molecular weight excluding hydrogens is 148 g/mol. The van der Waals surface area contributed by atoms with E-state index in [4.69, 9.17) is 5.73 Å². The van der Waals surface area contributed by atoms with E-state index in [-0.39, 0.29) is 0 Å². The minimum Gasteiger partial charge on any atom is -0.330 e. The molecule has 0 aromatic rings. The number of nitrogens with two attached hydrogens (primary N) is 1. The average molecular weight is 170 g/mol. The Labute approximate surface area is 75.9 Å². The molecule has 0 aromatic heterocycles. The van der Waals surface area contributed by atoms with Gasteiger partial charge in [0.15, 0.2) is 0 Å². The molecule has 3 N–H and O–H groups in total. The molecule has 0 spiro atoms. The standard InChI is InChI=1S/C10H22N2/c1-7-5-10(2,3)8(6-11)9(7)12-4/h7-9,12H,5-6,11H2,1-4H3. The summed E-state index contributed by atoms with van der Waals surface area (Å²) in [5.41, 5.74) is 6.22. The van der Waals surface area contributed by atoms with E-state index in [1.807, 2.05) is 7.05 Å². The van der Waals surface area contributed by atoms with E-state index >= 15 is 0 Å². The van der Waals surface area contributed by atoms with Crippen LogP contribution in [0.15, 0.2) is 0 Å². The van der Waals surface area contributed by atoms with Crippen LogP contribution in [-0.2, 0) is 0 Å². The third-order valence-electron chi connectivity index (χ3n) is 3.49. The zero-order valence-corrected chi connectivity index (χ0v) is 8.72. The molecule has 0 heterocycles. The monoisotopic (exact) mass is 170 g/mol. The SMILES string of the molecule is CNC1C(C)CC(C)(C)C1CN. The van der Waals surface area contributed by atoms with Crippen LogP contribution in [0, 0.1) is 17.3 Å². The van der Waals surface area contributed by atoms with Crippen molar-refractivity contribution in [2.45, 2.75) is 33.2 Å². The van der Waals surface area contributed by atoms with E-state index in [9.17, 15) is 0 Å². The first-order valence-corrected chi connectivity index (χ1v) is 4.90. The van der Waals surface area contributed by atoms with Crippen molar-refractivity contribution < 1.29 is 0 Å². The van der Waals surface area contributed by atoms with Gasteiger partial charge in [0.2, 0.25) is 0 Å². The minimum absolute atomic E-state index is 0.418. The maximum Gasteiger partial charge on any atom is 0.0135 e. The summed E-state index contributed by atoms with van der Waals surface area (Å²) >= 11 is 0. The Hall–Kier alpha value is -0.0800. The topological polar surface area (TPSA) is 38.0 Å². The molecule has 0 aliphatic heterocycles. The lowest BCUT2D eigenvalue weighted by molar-refractivity contribution is 0.241. The van der Waals surface area contributed by atoms with Crippen LogP contribution in [0.25, 0.3) is 0 Å². The smallest absolute Gasteiger partial charge is 0.0135 e. The number of hydrogen-bond donors (Lipinski definition) is 2. The summed E-state index contributed by atoms with van der Waals surface area (Å²) in [5.74, 6) is 1.40. The van der Waals surface area contributed by atoms with Gasteiger partial charge in [0.05, 0.1) is 0 Å². The van der Waals surface area contributed by atoms with Crippen LogP contribution in [0.1, 0.15) is 27.2 Å². The van der Waals surface area contributed by atoms with Gasteiger partial charge in [0.25, 0.3) is 0 Å². The number of rotatable bonds is 2. The highest BCUT2D eigenvalue weighted by atomic mass is 14.9. The van der Waals surface area contributed by atoms with Crippen molar-refractivity contribution in [3.63, 3.8) is 0 Å². The zero-order valence-electron chi connectivity index (χ0n) is 8.72. The number of hydrogen-bond acceptors (Lipinski definition) is 2. The molecule has 1 aliphatic rings. The van der Waals surface area contributed by atoms with Gasteiger partial charge < -0.3 is 11.1 Å². The third-order valence-corrected chi connectivity index (χ3v) is 3.49. The maximum absolute atomic E-state index is 5.80. The normalized spacial score (nSPS) is 40.2. The fraction of sp³-hybridized carbons (Fsp3) is 1.00. The van der Waals surface area contributed by atoms with Gasteiger partial charge in [-0.25, -0.2) is 0 Å². The van der Waals surface area contributed by atoms with Gasteiger partial charge in [-0.3, -0.25) is 0 Å². The largest absolute Gasteiger partial charge is 0.330 e. The number of nitrogens with one attached hydrogen (secondary N) is 1. The van der Waals surface area contributed by atoms with Gasteiger partial charge in [-0.1, -0.05) is 20.8 Å². The Balaban J connectivity index is 2.76. The Kier molecular flexibility index (Phi) is 2.79. The summed E-state index contributed by atoms with van der Waals surface area (Å²) in [6.45, 7) is 7.79. The Morgan fingerprint density at radius 2 is 2.08 bits per heavy atom. The van der Waals surface area contributed by atoms with Gasteiger partial charge in [-0.15, -0.1) is 0 Å². The van der Waals surface area contributed by atoms with Crippen molar-refractivity contribution in [2.24, 2.45) is 23.0 Å². The van der Waals surface area contributed by atoms with Crippen molar-refractivity contribution in [3.8, 4) is 0 Å². The average Bonchev–Trinajstić information content (AvgIpc) is 2.18. The lowest BCUT2D eigenvalue weighted by Gasteiger charge is -2.29. The first-order valence-electron chi connectivity index (χ1n) is 4.90. The summed E-state index contributed by atoms with van der Waals surface area (Å²) < 4.78 is 0. The van der Waals surface area contributed by atoms with E-state index in [0.717, 1.165) is 12.5 Å². The van der Waals surface area contributed by atoms with Crippen LogP contribution in [0.5, 0.6) is 0 Å². The highest BCUT2D eigenvalue weighted by molar-refractivity contribution is 4.98. The quantitative estimate of drug-likeness (QED) is 0.654. The molecule has 2 nitrogen and oxygen atoms in total. The Morgan fingerprint density at radius 1 is 1.50 bits per heavy atom. The summed E-state index contributed by atoms with van der Waals surface area (Å²) in [7, 11) is 2.05. The Bertz CT molecular complexity index is 154. The van der Waals surface area contributed by atoms with Crippen molar-refractivity contribution in [1.82, 2.24) is 5.32 Å². The molecule has 0 amide bonds. The fourth-order valence-corrected chi connectivity index (χ4v) is 2.94. The molecule has 3 unspecified atom stereocenters. The molecule has 1 aliphatic carbocycles. The highest BCUT2D eigenvalue weighted by Crippen LogP contribution is 2.45. The molecule has 1 saturated carbocycles. The van der Waals surface area contributed by atoms with E-state index in [0.29, 0.717) is 17.4 Å². The van der Waals surface area contributed by atoms with E-state index in [1.54, 1.807) is 0 Å². The van der Waals surface area contributed by atoms with Crippen LogP contribution in [-0.4, -0.2) is 19.6 Å². The Morgan fingerprint density at radius 3 is 2.42 bits per heavy atom. The molecule has 0 saturated heterocycles. The summed E-state index contributed by atoms with van der Waals surface area (Å²) in [5, 5.41) is 3.39. The minimum atomic E-state index is 0.418. The van der Waals surface area contributed by atoms with Crippen molar-refractivity contribution in [2.75, 3.05) is 13.6 Å². The van der Waals surface area contributed by atoms with Crippen LogP contribution in [0.4, 0.5) is 0 Å². The predicted octanol–water partition coefficient (Wildman–Crippen LogP) is 1.22. The van der Waals surface area contributed by atoms with E-state index in [2.05, 4.69) is 26.1 Å². The highest BCUT2D eigenvalue weighted by Gasteiger charge is 2.44. The zero-order chi connectivity index (χ0) is 9.35. The first kappa shape index (κ1) is 10.0. The van der Waals surface area contributed by atoms with Crippen LogP contribution in [0.2, 0.25) is 0 Å². The van der Waals surface area contributed by atoms with Gasteiger partial charge >= 0.3 is 0 Å². The fourth-order valence-electron chi connectivity index (χ4n) is 2.94. The van der Waals surface area contributed by atoms with E-state index in [1.165, 1.54) is 6.42 Å². The molecule has 1 fully saturated rings. The van der Waals surface area contributed by atoms with Crippen LogP contribution < -0.4 is 11.1 Å². The predicted molar refractivity (Wildman–Crippen MR) is 53.0 cm³/mol. The molecule has 3 atom stereocenters. The summed E-state index contributed by atoms with van der Waals surface area (Å²) in [4.78, 5) is 0. The molecule has 0 bridgehead atoms. The van der Waals surface area contributed by atoms with Crippen LogP contribution >= 0.6 is 0 Å². The van der Waals surface area contributed by atoms with Crippen molar-refractivity contribution >= 4 is 0 Å². The third kappa shape index (κ3) is 1.50. The second-order valence-corrected chi connectivity index (χ2v) is 4.83. The summed E-state index contributed by atoms with van der Waals surface area (Å²) in [6.07, 6.45) is 1.29. The molecule has 1 rings (SSSR count). The molecule has 2 heteroatoms. The van der Waals surface area contributed by atoms with Crippen molar-refractivity contribution in [1.29, 1.82) is 0 Å². The van der Waals surface area contributed by atoms with Gasteiger partial charge in [0.1, 0.15) is 0 Å². The van der Waals surface area contributed by atoms with Gasteiger partial charge in [0, 0.05) is 6.04 Å². The lowest BCUT2D eigenvalue weighted by atomic mass is 9.81. The van der Waals surface area contributed by atoms with E-state index < -0.39 is 0 Å². The van der Waals surface area contributed by atoms with Crippen molar-refractivity contribution in [3.05, 3.63) is 0 Å². The molecule has 12 heavy (non-hydrogen) atoms. The van der Waals surface area contributed by atoms with Gasteiger partial charge in [-0.05, 0) is 37.3 Å². The molecular formula is C10H22N2. The summed E-state index contributed by atoms with van der Waals surface area (Å²) in [6, 6.07) is 0.616. The second kappa shape index (κ2) is 3.35. The molecule has 0 radical (unpaired) electrons. The first-order chi connectivity index (χ1) is 5.53. The molecule has 0 aromatic carbocycles. The maximum atomic E-state index is 5.80. The lowest BCUT2D eigenvalue weighted by Crippen LogP contribution is -2.41. The van der Waals surface area contributed by atoms with Crippen LogP contribution in [0.3, 0.4) is 0 Å². The van der Waals surface area contributed by atoms with Gasteiger partial charge in [-0.2, -0.15) is 0 Å².